The highest BCUT2D eigenvalue weighted by Crippen LogP contribution is 2.38. The number of carbonyl (C=O) groups is 1. The molecule has 0 heterocycles. The molecule has 4 nitrogen and oxygen atoms in total. The number of rotatable bonds is 8. The van der Waals surface area contributed by atoms with E-state index in [1.165, 1.54) is 0 Å². The molecule has 0 saturated heterocycles. The van der Waals surface area contributed by atoms with Gasteiger partial charge < -0.3 is 14.2 Å². The van der Waals surface area contributed by atoms with E-state index in [-0.39, 0.29) is 0 Å². The molecule has 3 aromatic rings. The SMILES string of the molecule is CCCOc1cc(C(=O)Oc2ccccc2C)c(OCCC)c2ccccc12. The molecule has 0 aromatic heterocycles. The molecule has 0 unspecified atom stereocenters. The molecule has 0 bridgehead atoms. The second-order valence-electron chi connectivity index (χ2n) is 6.65. The van der Waals surface area contributed by atoms with Crippen LogP contribution in [0.2, 0.25) is 0 Å². The molecule has 0 saturated carbocycles. The van der Waals surface area contributed by atoms with Gasteiger partial charge in [-0.1, -0.05) is 56.3 Å². The van der Waals surface area contributed by atoms with Gasteiger partial charge >= 0.3 is 5.97 Å². The molecule has 0 N–H and O–H groups in total. The van der Waals surface area contributed by atoms with Crippen molar-refractivity contribution in [3.63, 3.8) is 0 Å². The van der Waals surface area contributed by atoms with Crippen LogP contribution >= 0.6 is 0 Å². The fraction of sp³-hybridized carbons (Fsp3) is 0.292. The lowest BCUT2D eigenvalue weighted by Gasteiger charge is -2.17. The van der Waals surface area contributed by atoms with E-state index >= 15 is 0 Å². The third kappa shape index (κ3) is 4.28. The Labute approximate surface area is 166 Å². The lowest BCUT2D eigenvalue weighted by molar-refractivity contribution is 0.0729. The van der Waals surface area contributed by atoms with Gasteiger partial charge in [-0.25, -0.2) is 4.79 Å². The Hall–Kier alpha value is -3.01. The Bertz CT molecular complexity index is 962. The van der Waals surface area contributed by atoms with E-state index < -0.39 is 5.97 Å². The first-order chi connectivity index (χ1) is 13.7. The Morgan fingerprint density at radius 2 is 1.46 bits per heavy atom. The molecular weight excluding hydrogens is 352 g/mol. The quantitative estimate of drug-likeness (QED) is 0.359. The standard InChI is InChI=1S/C24H26O4/c1-4-14-26-22-16-20(24(25)28-21-13-9-6-10-17(21)3)23(27-15-5-2)19-12-8-7-11-18(19)22/h6-13,16H,4-5,14-15H2,1-3H3. The van der Waals surface area contributed by atoms with Crippen LogP contribution in [0.5, 0.6) is 17.2 Å². The van der Waals surface area contributed by atoms with Gasteiger partial charge in [-0.05, 0) is 37.5 Å². The minimum absolute atomic E-state index is 0.376. The van der Waals surface area contributed by atoms with E-state index in [0.717, 1.165) is 29.2 Å². The van der Waals surface area contributed by atoms with Crippen molar-refractivity contribution in [1.29, 1.82) is 0 Å². The normalized spacial score (nSPS) is 10.7. The van der Waals surface area contributed by atoms with Crippen molar-refractivity contribution in [3.05, 3.63) is 65.7 Å². The summed E-state index contributed by atoms with van der Waals surface area (Å²) in [6, 6.07) is 17.0. The van der Waals surface area contributed by atoms with E-state index in [9.17, 15) is 4.79 Å². The summed E-state index contributed by atoms with van der Waals surface area (Å²) in [5.74, 6) is 1.29. The van der Waals surface area contributed by atoms with E-state index in [0.29, 0.717) is 36.0 Å². The zero-order valence-electron chi connectivity index (χ0n) is 16.7. The number of esters is 1. The molecule has 0 aliphatic rings. The molecule has 4 heteroatoms. The van der Waals surface area contributed by atoms with Crippen LogP contribution in [0.3, 0.4) is 0 Å². The number of fused-ring (bicyclic) bond motifs is 1. The van der Waals surface area contributed by atoms with Gasteiger partial charge in [0, 0.05) is 10.8 Å². The highest BCUT2D eigenvalue weighted by atomic mass is 16.5. The van der Waals surface area contributed by atoms with Crippen LogP contribution in [-0.2, 0) is 0 Å². The van der Waals surface area contributed by atoms with E-state index in [1.54, 1.807) is 12.1 Å². The third-order valence-electron chi connectivity index (χ3n) is 4.39. The van der Waals surface area contributed by atoms with Crippen LogP contribution in [0.15, 0.2) is 54.6 Å². The van der Waals surface area contributed by atoms with Crippen LogP contribution in [-0.4, -0.2) is 19.2 Å². The topological polar surface area (TPSA) is 44.8 Å². The van der Waals surface area contributed by atoms with Crippen molar-refractivity contribution in [2.45, 2.75) is 33.6 Å². The van der Waals surface area contributed by atoms with Crippen molar-refractivity contribution in [3.8, 4) is 17.2 Å². The van der Waals surface area contributed by atoms with Gasteiger partial charge in [0.25, 0.3) is 0 Å². The lowest BCUT2D eigenvalue weighted by Crippen LogP contribution is -2.13. The molecular formula is C24H26O4. The molecule has 0 spiro atoms. The third-order valence-corrected chi connectivity index (χ3v) is 4.39. The first-order valence-electron chi connectivity index (χ1n) is 9.74. The maximum atomic E-state index is 13.1. The van der Waals surface area contributed by atoms with Gasteiger partial charge in [0.05, 0.1) is 13.2 Å². The molecule has 3 rings (SSSR count). The fourth-order valence-corrected chi connectivity index (χ4v) is 2.98. The van der Waals surface area contributed by atoms with Gasteiger partial charge in [-0.15, -0.1) is 0 Å². The van der Waals surface area contributed by atoms with Gasteiger partial charge in [0.15, 0.2) is 0 Å². The number of benzene rings is 3. The van der Waals surface area contributed by atoms with Crippen LogP contribution in [0.25, 0.3) is 10.8 Å². The van der Waals surface area contributed by atoms with Crippen molar-refractivity contribution < 1.29 is 19.0 Å². The molecule has 0 atom stereocenters. The Balaban J connectivity index is 2.10. The summed E-state index contributed by atoms with van der Waals surface area (Å²) < 4.78 is 17.6. The van der Waals surface area contributed by atoms with Crippen molar-refractivity contribution in [2.24, 2.45) is 0 Å². The minimum atomic E-state index is -0.451. The molecule has 3 aromatic carbocycles. The largest absolute Gasteiger partial charge is 0.493 e. The molecule has 0 amide bonds. The van der Waals surface area contributed by atoms with Gasteiger partial charge in [-0.2, -0.15) is 0 Å². The first kappa shape index (κ1) is 19.7. The second kappa shape index (κ2) is 9.27. The van der Waals surface area contributed by atoms with E-state index in [1.807, 2.05) is 63.2 Å². The van der Waals surface area contributed by atoms with Crippen LogP contribution in [0, 0.1) is 6.92 Å². The van der Waals surface area contributed by atoms with Gasteiger partial charge in [-0.3, -0.25) is 0 Å². The maximum Gasteiger partial charge on any atom is 0.347 e. The number of hydrogen-bond acceptors (Lipinski definition) is 4. The summed E-state index contributed by atoms with van der Waals surface area (Å²) in [5, 5.41) is 1.77. The molecule has 0 aliphatic heterocycles. The Morgan fingerprint density at radius 3 is 2.18 bits per heavy atom. The number of ether oxygens (including phenoxy) is 3. The number of hydrogen-bond donors (Lipinski definition) is 0. The van der Waals surface area contributed by atoms with Crippen molar-refractivity contribution >= 4 is 16.7 Å². The lowest BCUT2D eigenvalue weighted by atomic mass is 10.0. The summed E-state index contributed by atoms with van der Waals surface area (Å²) in [6.45, 7) is 7.09. The zero-order valence-corrected chi connectivity index (χ0v) is 16.7. The summed E-state index contributed by atoms with van der Waals surface area (Å²) in [4.78, 5) is 13.1. The maximum absolute atomic E-state index is 13.1. The predicted molar refractivity (Wildman–Crippen MR) is 112 cm³/mol. The number of para-hydroxylation sites is 1. The summed E-state index contributed by atoms with van der Waals surface area (Å²) in [5.41, 5.74) is 1.27. The molecule has 28 heavy (non-hydrogen) atoms. The summed E-state index contributed by atoms with van der Waals surface area (Å²) in [6.07, 6.45) is 1.72. The number of aryl methyl sites for hydroxylation is 1. The van der Waals surface area contributed by atoms with Crippen LogP contribution in [0.1, 0.15) is 42.6 Å². The molecule has 0 radical (unpaired) electrons. The van der Waals surface area contributed by atoms with Crippen LogP contribution in [0.4, 0.5) is 0 Å². The second-order valence-corrected chi connectivity index (χ2v) is 6.65. The van der Waals surface area contributed by atoms with Gasteiger partial charge in [0.1, 0.15) is 22.8 Å². The Morgan fingerprint density at radius 1 is 0.821 bits per heavy atom. The zero-order chi connectivity index (χ0) is 19.9. The van der Waals surface area contributed by atoms with Gasteiger partial charge in [0.2, 0.25) is 0 Å². The summed E-state index contributed by atoms with van der Waals surface area (Å²) >= 11 is 0. The van der Waals surface area contributed by atoms with Crippen molar-refractivity contribution in [2.75, 3.05) is 13.2 Å². The molecule has 0 aliphatic carbocycles. The first-order valence-corrected chi connectivity index (χ1v) is 9.74. The summed E-state index contributed by atoms with van der Waals surface area (Å²) in [7, 11) is 0. The minimum Gasteiger partial charge on any atom is -0.493 e. The molecule has 0 fully saturated rings. The van der Waals surface area contributed by atoms with E-state index in [4.69, 9.17) is 14.2 Å². The average molecular weight is 378 g/mol. The van der Waals surface area contributed by atoms with Crippen molar-refractivity contribution in [1.82, 2.24) is 0 Å². The Kier molecular flexibility index (Phi) is 6.53. The average Bonchev–Trinajstić information content (AvgIpc) is 2.72. The number of carbonyl (C=O) groups excluding carboxylic acids is 1. The fourth-order valence-electron chi connectivity index (χ4n) is 2.98. The highest BCUT2D eigenvalue weighted by molar-refractivity contribution is 6.04. The monoisotopic (exact) mass is 378 g/mol. The van der Waals surface area contributed by atoms with Crippen LogP contribution < -0.4 is 14.2 Å². The van der Waals surface area contributed by atoms with E-state index in [2.05, 4.69) is 0 Å². The predicted octanol–water partition coefficient (Wildman–Crippen LogP) is 5.95. The molecule has 146 valence electrons. The highest BCUT2D eigenvalue weighted by Gasteiger charge is 2.21. The smallest absolute Gasteiger partial charge is 0.347 e.